The minimum absolute atomic E-state index is 0.239. The number of rotatable bonds is 8. The topological polar surface area (TPSA) is 27.6 Å². The van der Waals surface area contributed by atoms with Gasteiger partial charge in [-0.3, -0.25) is 5.01 Å². The molecule has 3 nitrogen and oxygen atoms in total. The van der Waals surface area contributed by atoms with Crippen LogP contribution in [0.2, 0.25) is 0 Å². The van der Waals surface area contributed by atoms with Crippen LogP contribution in [-0.4, -0.2) is 24.8 Å². The minimum atomic E-state index is -0.500. The van der Waals surface area contributed by atoms with Gasteiger partial charge in [-0.1, -0.05) is 61.7 Å². The molecular formula is C24H27ClFN3. The number of likely N-dealkylation sites (N-methyl/N-ethyl adjacent to an activating group) is 1. The predicted molar refractivity (Wildman–Crippen MR) is 123 cm³/mol. The Kier molecular flexibility index (Phi) is 7.80. The molecule has 0 bridgehead atoms. The number of hydrogen-bond donors (Lipinski definition) is 1. The Morgan fingerprint density at radius 2 is 1.97 bits per heavy atom. The molecule has 0 saturated carbocycles. The van der Waals surface area contributed by atoms with Crippen LogP contribution in [0.4, 0.5) is 4.39 Å². The van der Waals surface area contributed by atoms with Gasteiger partial charge in [0.2, 0.25) is 0 Å². The fourth-order valence-electron chi connectivity index (χ4n) is 3.02. The van der Waals surface area contributed by atoms with Crippen molar-refractivity contribution in [3.05, 3.63) is 101 Å². The maximum atomic E-state index is 14.1. The van der Waals surface area contributed by atoms with Crippen LogP contribution in [0.3, 0.4) is 0 Å². The number of allylic oxidation sites excluding steroid dienone is 6. The van der Waals surface area contributed by atoms with E-state index in [2.05, 4.69) is 54.4 Å². The van der Waals surface area contributed by atoms with E-state index < -0.39 is 5.83 Å². The largest absolute Gasteiger partial charge is 0.385 e. The average Bonchev–Trinajstić information content (AvgIpc) is 2.72. The third-order valence-electron chi connectivity index (χ3n) is 4.70. The van der Waals surface area contributed by atoms with Crippen LogP contribution >= 0.6 is 11.6 Å². The highest BCUT2D eigenvalue weighted by molar-refractivity contribution is 6.32. The molecule has 0 spiro atoms. The van der Waals surface area contributed by atoms with E-state index in [0.717, 1.165) is 40.5 Å². The Labute approximate surface area is 178 Å². The molecule has 1 aliphatic heterocycles. The maximum absolute atomic E-state index is 14.1. The summed E-state index contributed by atoms with van der Waals surface area (Å²) in [4.78, 5) is 0. The van der Waals surface area contributed by atoms with Crippen molar-refractivity contribution >= 4 is 23.4 Å². The summed E-state index contributed by atoms with van der Waals surface area (Å²) >= 11 is 6.11. The van der Waals surface area contributed by atoms with E-state index in [-0.39, 0.29) is 5.57 Å². The van der Waals surface area contributed by atoms with Crippen LogP contribution in [-0.2, 0) is 6.42 Å². The fourth-order valence-corrected chi connectivity index (χ4v) is 3.23. The fraction of sp³-hybridized carbons (Fsp3) is 0.208. The van der Waals surface area contributed by atoms with Crippen molar-refractivity contribution in [2.24, 2.45) is 5.10 Å². The van der Waals surface area contributed by atoms with Crippen LogP contribution in [0.15, 0.2) is 94.7 Å². The normalized spacial score (nSPS) is 15.4. The van der Waals surface area contributed by atoms with Crippen molar-refractivity contribution in [3.8, 4) is 0 Å². The van der Waals surface area contributed by atoms with E-state index in [1.165, 1.54) is 0 Å². The number of hydrazone groups is 1. The zero-order valence-corrected chi connectivity index (χ0v) is 18.0. The number of benzene rings is 1. The first-order chi connectivity index (χ1) is 13.8. The molecule has 152 valence electrons. The lowest BCUT2D eigenvalue weighted by Crippen LogP contribution is -2.18. The molecule has 1 aromatic rings. The lowest BCUT2D eigenvalue weighted by Gasteiger charge is -2.24. The Morgan fingerprint density at radius 1 is 1.31 bits per heavy atom. The molecule has 0 radical (unpaired) electrons. The molecule has 1 heterocycles. The van der Waals surface area contributed by atoms with Gasteiger partial charge in [-0.05, 0) is 43.0 Å². The molecule has 0 unspecified atom stereocenters. The van der Waals surface area contributed by atoms with Crippen LogP contribution in [0.25, 0.3) is 5.57 Å². The minimum Gasteiger partial charge on any atom is -0.385 e. The first kappa shape index (κ1) is 22.4. The summed E-state index contributed by atoms with van der Waals surface area (Å²) < 4.78 is 14.1. The quantitative estimate of drug-likeness (QED) is 0.523. The summed E-state index contributed by atoms with van der Waals surface area (Å²) in [6.45, 7) is 15.9. The molecule has 1 aliphatic rings. The maximum Gasteiger partial charge on any atom is 0.133 e. The van der Waals surface area contributed by atoms with Gasteiger partial charge in [0.25, 0.3) is 0 Å². The lowest BCUT2D eigenvalue weighted by atomic mass is 9.96. The smallest absolute Gasteiger partial charge is 0.133 e. The number of nitrogens with zero attached hydrogens (tertiary/aromatic N) is 2. The molecule has 0 fully saturated rings. The number of nitrogens with one attached hydrogen (secondary N) is 1. The van der Waals surface area contributed by atoms with Gasteiger partial charge >= 0.3 is 0 Å². The molecule has 29 heavy (non-hydrogen) atoms. The SMILES string of the molecule is C=C/C(F)=C(C(=C)NCCc1ccc(C2=C(C)C=NN(C)C2=C)cc1)\C(Cl)=C/C. The van der Waals surface area contributed by atoms with Gasteiger partial charge in [0.1, 0.15) is 5.83 Å². The monoisotopic (exact) mass is 411 g/mol. The molecule has 5 heteroatoms. The molecule has 1 N–H and O–H groups in total. The Balaban J connectivity index is 2.04. The summed E-state index contributed by atoms with van der Waals surface area (Å²) in [5, 5.41) is 9.50. The van der Waals surface area contributed by atoms with Crippen LogP contribution in [0, 0.1) is 0 Å². The molecule has 0 atom stereocenters. The van der Waals surface area contributed by atoms with Crippen molar-refractivity contribution in [3.63, 3.8) is 0 Å². The van der Waals surface area contributed by atoms with Gasteiger partial charge in [-0.25, -0.2) is 4.39 Å². The summed E-state index contributed by atoms with van der Waals surface area (Å²) in [5.41, 5.74) is 5.99. The van der Waals surface area contributed by atoms with E-state index in [1.807, 2.05) is 20.2 Å². The molecule has 0 aromatic heterocycles. The Morgan fingerprint density at radius 3 is 2.55 bits per heavy atom. The highest BCUT2D eigenvalue weighted by atomic mass is 35.5. The van der Waals surface area contributed by atoms with E-state index in [4.69, 9.17) is 11.6 Å². The number of halogens is 2. The average molecular weight is 412 g/mol. The van der Waals surface area contributed by atoms with Gasteiger partial charge in [-0.15, -0.1) is 0 Å². The summed E-state index contributed by atoms with van der Waals surface area (Å²) in [6.07, 6.45) is 5.36. The van der Waals surface area contributed by atoms with E-state index >= 15 is 0 Å². The molecule has 0 aliphatic carbocycles. The van der Waals surface area contributed by atoms with Gasteiger partial charge in [0.05, 0.1) is 17.5 Å². The Bertz CT molecular complexity index is 933. The van der Waals surface area contributed by atoms with Crippen LogP contribution < -0.4 is 5.32 Å². The molecule has 1 aromatic carbocycles. The second-order valence-electron chi connectivity index (χ2n) is 6.69. The third-order valence-corrected chi connectivity index (χ3v) is 5.11. The zero-order chi connectivity index (χ0) is 21.6. The second kappa shape index (κ2) is 10.1. The van der Waals surface area contributed by atoms with Gasteiger partial charge in [0, 0.05) is 29.9 Å². The molecule has 0 amide bonds. The zero-order valence-electron chi connectivity index (χ0n) is 17.2. The van der Waals surface area contributed by atoms with Crippen molar-refractivity contribution in [2.75, 3.05) is 13.6 Å². The van der Waals surface area contributed by atoms with Gasteiger partial charge < -0.3 is 5.32 Å². The molecule has 0 saturated heterocycles. The summed E-state index contributed by atoms with van der Waals surface area (Å²) in [7, 11) is 1.88. The van der Waals surface area contributed by atoms with Crippen molar-refractivity contribution < 1.29 is 4.39 Å². The number of hydrogen-bond acceptors (Lipinski definition) is 3. The second-order valence-corrected chi connectivity index (χ2v) is 7.10. The Hall–Kier alpha value is -2.85. The van der Waals surface area contributed by atoms with E-state index in [9.17, 15) is 4.39 Å². The van der Waals surface area contributed by atoms with Crippen molar-refractivity contribution in [2.45, 2.75) is 20.3 Å². The van der Waals surface area contributed by atoms with Crippen LogP contribution in [0.1, 0.15) is 25.0 Å². The summed E-state index contributed by atoms with van der Waals surface area (Å²) in [6, 6.07) is 8.33. The standard InChI is InChI=1S/C24H27ClFN3/c1-7-21(25)24(22(26)8-2)17(4)27-14-13-19-9-11-20(12-10-19)23-16(3)15-28-29(6)18(23)5/h7-12,15,27H,2,4-5,13-14H2,1,3,6H3/b21-7+,24-22+. The highest BCUT2D eigenvalue weighted by Crippen LogP contribution is 2.30. The predicted octanol–water partition coefficient (Wildman–Crippen LogP) is 6.10. The van der Waals surface area contributed by atoms with Crippen molar-refractivity contribution in [1.82, 2.24) is 10.3 Å². The highest BCUT2D eigenvalue weighted by Gasteiger charge is 2.16. The van der Waals surface area contributed by atoms with E-state index in [1.54, 1.807) is 18.0 Å². The first-order valence-corrected chi connectivity index (χ1v) is 9.72. The van der Waals surface area contributed by atoms with Crippen LogP contribution in [0.5, 0.6) is 0 Å². The molecular weight excluding hydrogens is 385 g/mol. The summed E-state index contributed by atoms with van der Waals surface area (Å²) in [5.74, 6) is -0.500. The van der Waals surface area contributed by atoms with E-state index in [0.29, 0.717) is 17.3 Å². The first-order valence-electron chi connectivity index (χ1n) is 9.34. The third kappa shape index (κ3) is 5.36. The lowest BCUT2D eigenvalue weighted by molar-refractivity contribution is 0.465. The van der Waals surface area contributed by atoms with Gasteiger partial charge in [0.15, 0.2) is 0 Å². The molecule has 2 rings (SSSR count). The van der Waals surface area contributed by atoms with Crippen molar-refractivity contribution in [1.29, 1.82) is 0 Å². The van der Waals surface area contributed by atoms with Gasteiger partial charge in [-0.2, -0.15) is 5.10 Å².